The first-order valence-electron chi connectivity index (χ1n) is 12.5. The molecule has 0 fully saturated rings. The van der Waals surface area contributed by atoms with Crippen LogP contribution in [0, 0.1) is 0 Å². The minimum atomic E-state index is -3.65. The quantitative estimate of drug-likeness (QED) is 0.250. The zero-order valence-electron chi connectivity index (χ0n) is 21.6. The molecule has 0 aliphatic rings. The van der Waals surface area contributed by atoms with Crippen molar-refractivity contribution in [3.63, 3.8) is 0 Å². The third kappa shape index (κ3) is 6.09. The standard InChI is InChI=1S/C29H34N2O5S/c1-4-23-21-31-18-6-5-8-26(31)29(23)37(32,33)25-12-10-24(11-13-25)36-19-7-16-30-17-15-22-9-14-27(34-2)28(20-22)35-3/h5-6,8-14,18,20-21,30H,4,7,15-17,19H2,1-3H3. The Labute approximate surface area is 218 Å². The summed E-state index contributed by atoms with van der Waals surface area (Å²) in [7, 11) is -0.382. The van der Waals surface area contributed by atoms with Gasteiger partial charge < -0.3 is 23.9 Å². The van der Waals surface area contributed by atoms with E-state index in [0.717, 1.165) is 43.0 Å². The predicted molar refractivity (Wildman–Crippen MR) is 145 cm³/mol. The summed E-state index contributed by atoms with van der Waals surface area (Å²) in [5.41, 5.74) is 2.68. The molecule has 2 heterocycles. The van der Waals surface area contributed by atoms with Gasteiger partial charge in [0, 0.05) is 12.4 Å². The monoisotopic (exact) mass is 522 g/mol. The van der Waals surface area contributed by atoms with E-state index in [0.29, 0.717) is 29.2 Å². The van der Waals surface area contributed by atoms with Gasteiger partial charge in [-0.3, -0.25) is 0 Å². The highest BCUT2D eigenvalue weighted by Gasteiger charge is 2.25. The van der Waals surface area contributed by atoms with Crippen LogP contribution in [0.5, 0.6) is 17.2 Å². The van der Waals surface area contributed by atoms with E-state index >= 15 is 0 Å². The molecule has 37 heavy (non-hydrogen) atoms. The van der Waals surface area contributed by atoms with Crippen molar-refractivity contribution < 1.29 is 22.6 Å². The molecule has 2 aromatic heterocycles. The Hall–Kier alpha value is -3.49. The second-order valence-electron chi connectivity index (χ2n) is 8.70. The van der Waals surface area contributed by atoms with Crippen LogP contribution in [0.1, 0.15) is 24.5 Å². The van der Waals surface area contributed by atoms with Gasteiger partial charge in [-0.05, 0) is 92.0 Å². The normalized spacial score (nSPS) is 11.5. The number of nitrogens with one attached hydrogen (secondary N) is 1. The van der Waals surface area contributed by atoms with Crippen molar-refractivity contribution in [2.24, 2.45) is 0 Å². The van der Waals surface area contributed by atoms with Crippen molar-refractivity contribution in [3.05, 3.63) is 84.2 Å². The summed E-state index contributed by atoms with van der Waals surface area (Å²) < 4.78 is 45.2. The summed E-state index contributed by atoms with van der Waals surface area (Å²) in [6.07, 6.45) is 6.12. The maximum absolute atomic E-state index is 13.5. The molecule has 0 radical (unpaired) electrons. The Morgan fingerprint density at radius 2 is 1.70 bits per heavy atom. The Kier molecular flexibility index (Phi) is 8.74. The average Bonchev–Trinajstić information content (AvgIpc) is 3.32. The zero-order chi connectivity index (χ0) is 26.3. The number of hydrogen-bond acceptors (Lipinski definition) is 6. The van der Waals surface area contributed by atoms with Crippen LogP contribution in [-0.2, 0) is 22.7 Å². The summed E-state index contributed by atoms with van der Waals surface area (Å²) in [5, 5.41) is 3.42. The fourth-order valence-corrected chi connectivity index (χ4v) is 6.05. The summed E-state index contributed by atoms with van der Waals surface area (Å²) in [5.74, 6) is 2.12. The van der Waals surface area contributed by atoms with E-state index in [1.165, 1.54) is 5.56 Å². The molecule has 0 aliphatic heterocycles. The number of aryl methyl sites for hydroxylation is 1. The van der Waals surface area contributed by atoms with Gasteiger partial charge in [-0.25, -0.2) is 8.42 Å². The van der Waals surface area contributed by atoms with Gasteiger partial charge >= 0.3 is 0 Å². The van der Waals surface area contributed by atoms with Gasteiger partial charge in [-0.2, -0.15) is 0 Å². The number of ether oxygens (including phenoxy) is 3. The molecule has 8 heteroatoms. The smallest absolute Gasteiger partial charge is 0.208 e. The van der Waals surface area contributed by atoms with Crippen LogP contribution in [0.2, 0.25) is 0 Å². The third-order valence-corrected chi connectivity index (χ3v) is 8.20. The number of benzene rings is 2. The highest BCUT2D eigenvalue weighted by molar-refractivity contribution is 7.91. The van der Waals surface area contributed by atoms with Gasteiger partial charge in [0.15, 0.2) is 11.5 Å². The summed E-state index contributed by atoms with van der Waals surface area (Å²) >= 11 is 0. The first-order chi connectivity index (χ1) is 18.0. The number of sulfone groups is 1. The van der Waals surface area contributed by atoms with Gasteiger partial charge in [0.05, 0.1) is 31.2 Å². The number of methoxy groups -OCH3 is 2. The molecule has 4 rings (SSSR count). The van der Waals surface area contributed by atoms with Crippen LogP contribution in [0.3, 0.4) is 0 Å². The lowest BCUT2D eigenvalue weighted by atomic mass is 10.1. The number of pyridine rings is 1. The van der Waals surface area contributed by atoms with Crippen LogP contribution >= 0.6 is 0 Å². The fourth-order valence-electron chi connectivity index (χ4n) is 4.33. The lowest BCUT2D eigenvalue weighted by Crippen LogP contribution is -2.20. The van der Waals surface area contributed by atoms with E-state index in [9.17, 15) is 8.42 Å². The maximum atomic E-state index is 13.5. The van der Waals surface area contributed by atoms with E-state index in [2.05, 4.69) is 5.32 Å². The van der Waals surface area contributed by atoms with Crippen molar-refractivity contribution >= 4 is 15.4 Å². The second kappa shape index (κ2) is 12.2. The molecule has 0 saturated carbocycles. The zero-order valence-corrected chi connectivity index (χ0v) is 22.4. The molecule has 0 spiro atoms. The van der Waals surface area contributed by atoms with E-state index in [1.54, 1.807) is 38.5 Å². The van der Waals surface area contributed by atoms with E-state index in [4.69, 9.17) is 14.2 Å². The minimum absolute atomic E-state index is 0.267. The molecule has 4 aromatic rings. The topological polar surface area (TPSA) is 78.3 Å². The third-order valence-electron chi connectivity index (χ3n) is 6.30. The van der Waals surface area contributed by atoms with Crippen molar-refractivity contribution in [2.75, 3.05) is 33.9 Å². The van der Waals surface area contributed by atoms with Crippen LogP contribution in [0.25, 0.3) is 5.52 Å². The maximum Gasteiger partial charge on any atom is 0.208 e. The molecule has 0 amide bonds. The van der Waals surface area contributed by atoms with Crippen molar-refractivity contribution in [2.45, 2.75) is 36.0 Å². The number of fused-ring (bicyclic) bond motifs is 1. The first kappa shape index (κ1) is 26.6. The lowest BCUT2D eigenvalue weighted by molar-refractivity contribution is 0.308. The lowest BCUT2D eigenvalue weighted by Gasteiger charge is -2.11. The van der Waals surface area contributed by atoms with Gasteiger partial charge in [0.1, 0.15) is 10.6 Å². The van der Waals surface area contributed by atoms with E-state index in [1.807, 2.05) is 60.1 Å². The van der Waals surface area contributed by atoms with Gasteiger partial charge in [0.25, 0.3) is 0 Å². The Balaban J connectivity index is 1.26. The van der Waals surface area contributed by atoms with Gasteiger partial charge in [-0.15, -0.1) is 0 Å². The van der Waals surface area contributed by atoms with Crippen molar-refractivity contribution in [3.8, 4) is 17.2 Å². The molecular weight excluding hydrogens is 488 g/mol. The summed E-state index contributed by atoms with van der Waals surface area (Å²) in [4.78, 5) is 0.645. The Morgan fingerprint density at radius 3 is 2.43 bits per heavy atom. The average molecular weight is 523 g/mol. The van der Waals surface area contributed by atoms with E-state index < -0.39 is 9.84 Å². The minimum Gasteiger partial charge on any atom is -0.494 e. The number of aromatic nitrogens is 1. The first-order valence-corrected chi connectivity index (χ1v) is 13.9. The van der Waals surface area contributed by atoms with Crippen molar-refractivity contribution in [1.29, 1.82) is 0 Å². The van der Waals surface area contributed by atoms with Crippen LogP contribution in [0.4, 0.5) is 0 Å². The SMILES string of the molecule is CCc1cn2ccccc2c1S(=O)(=O)c1ccc(OCCCNCCc2ccc(OC)c(OC)c2)cc1. The molecule has 0 atom stereocenters. The molecule has 0 bridgehead atoms. The highest BCUT2D eigenvalue weighted by Crippen LogP contribution is 2.31. The molecule has 0 aliphatic carbocycles. The molecular formula is C29H34N2O5S. The van der Waals surface area contributed by atoms with Crippen LogP contribution in [0.15, 0.2) is 82.8 Å². The largest absolute Gasteiger partial charge is 0.494 e. The fraction of sp³-hybridized carbons (Fsp3) is 0.310. The van der Waals surface area contributed by atoms with E-state index in [-0.39, 0.29) is 4.90 Å². The predicted octanol–water partition coefficient (Wildman–Crippen LogP) is 4.95. The van der Waals surface area contributed by atoms with Gasteiger partial charge in [0.2, 0.25) is 9.84 Å². The van der Waals surface area contributed by atoms with Crippen LogP contribution in [-0.4, -0.2) is 46.7 Å². The van der Waals surface area contributed by atoms with Crippen LogP contribution < -0.4 is 19.5 Å². The molecule has 7 nitrogen and oxygen atoms in total. The Bertz CT molecular complexity index is 1430. The molecule has 1 N–H and O–H groups in total. The number of rotatable bonds is 13. The number of nitrogens with zero attached hydrogens (tertiary/aromatic N) is 1. The van der Waals surface area contributed by atoms with Gasteiger partial charge in [-0.1, -0.05) is 19.1 Å². The number of hydrogen-bond donors (Lipinski definition) is 1. The molecule has 2 aromatic carbocycles. The Morgan fingerprint density at radius 1 is 0.919 bits per heavy atom. The highest BCUT2D eigenvalue weighted by atomic mass is 32.2. The second-order valence-corrected chi connectivity index (χ2v) is 10.6. The summed E-state index contributed by atoms with van der Waals surface area (Å²) in [6.45, 7) is 4.17. The van der Waals surface area contributed by atoms with Crippen molar-refractivity contribution in [1.82, 2.24) is 9.72 Å². The summed E-state index contributed by atoms with van der Waals surface area (Å²) in [6, 6.07) is 18.2. The molecule has 0 saturated heterocycles. The molecule has 0 unspecified atom stereocenters. The molecule has 196 valence electrons.